The average Bonchev–Trinajstić information content (AvgIpc) is 2.06. The van der Waals surface area contributed by atoms with Gasteiger partial charge in [-0.2, -0.15) is 0 Å². The second kappa shape index (κ2) is 3.62. The molecule has 0 unspecified atom stereocenters. The van der Waals surface area contributed by atoms with E-state index in [9.17, 15) is 0 Å². The summed E-state index contributed by atoms with van der Waals surface area (Å²) in [4.78, 5) is 3.53. The van der Waals surface area contributed by atoms with E-state index < -0.39 is 0 Å². The Balaban J connectivity index is 2.84. The Hall–Kier alpha value is -1.49. The molecule has 0 spiro atoms. The van der Waals surface area contributed by atoms with Gasteiger partial charge in [-0.25, -0.2) is 0 Å². The third kappa shape index (κ3) is 1.98. The van der Waals surface area contributed by atoms with Crippen LogP contribution in [0.15, 0.2) is 24.3 Å². The van der Waals surface area contributed by atoms with Crippen molar-refractivity contribution < 1.29 is 4.74 Å². The summed E-state index contributed by atoms with van der Waals surface area (Å²) in [7, 11) is 1.64. The van der Waals surface area contributed by atoms with E-state index in [1.165, 1.54) is 0 Å². The van der Waals surface area contributed by atoms with Gasteiger partial charge in [0.2, 0.25) is 0 Å². The molecule has 0 N–H and O–H groups in total. The minimum absolute atomic E-state index is 0.539. The molecule has 0 aliphatic rings. The highest BCUT2D eigenvalue weighted by Crippen LogP contribution is 2.12. The first kappa shape index (κ1) is 7.62. The molecule has 11 heavy (non-hydrogen) atoms. The molecule has 56 valence electrons. The van der Waals surface area contributed by atoms with Crippen molar-refractivity contribution in [3.05, 3.63) is 34.7 Å². The van der Waals surface area contributed by atoms with E-state index in [1.54, 1.807) is 7.11 Å². The fraction of sp³-hybridized carbons (Fsp3) is 0.222. The number of hydrogen-bond acceptors (Lipinski definition) is 1. The zero-order chi connectivity index (χ0) is 8.10. The molecule has 1 aromatic rings. The summed E-state index contributed by atoms with van der Waals surface area (Å²) >= 11 is 0. The van der Waals surface area contributed by atoms with Gasteiger partial charge in [0, 0.05) is 5.56 Å². The first-order chi connectivity index (χ1) is 5.36. The molecule has 1 aromatic carbocycles. The van der Waals surface area contributed by atoms with E-state index >= 15 is 0 Å². The van der Waals surface area contributed by atoms with Crippen molar-refractivity contribution in [2.24, 2.45) is 0 Å². The lowest BCUT2D eigenvalue weighted by Gasteiger charge is -1.97. The van der Waals surface area contributed by atoms with E-state index in [2.05, 4.69) is 4.85 Å². The zero-order valence-electron chi connectivity index (χ0n) is 6.45. The maximum absolute atomic E-state index is 5.04. The van der Waals surface area contributed by atoms with Crippen molar-refractivity contribution in [2.45, 2.75) is 6.54 Å². The molecule has 0 saturated carbocycles. The van der Waals surface area contributed by atoms with Crippen LogP contribution in [0.25, 0.3) is 4.85 Å². The molecule has 1 rings (SSSR count). The van der Waals surface area contributed by atoms with E-state index in [0.29, 0.717) is 6.54 Å². The third-order valence-electron chi connectivity index (χ3n) is 1.41. The Morgan fingerprint density at radius 1 is 1.55 bits per heavy atom. The van der Waals surface area contributed by atoms with Crippen molar-refractivity contribution in [1.29, 1.82) is 0 Å². The van der Waals surface area contributed by atoms with Gasteiger partial charge in [-0.3, -0.25) is 0 Å². The van der Waals surface area contributed by atoms with Crippen LogP contribution in [0.1, 0.15) is 5.56 Å². The molecule has 0 bridgehead atoms. The van der Waals surface area contributed by atoms with Crippen LogP contribution in [0.3, 0.4) is 0 Å². The highest BCUT2D eigenvalue weighted by Gasteiger charge is 1.97. The van der Waals surface area contributed by atoms with Crippen LogP contribution in [0, 0.1) is 6.57 Å². The number of nitrogens with zero attached hydrogens (tertiary/aromatic N) is 1. The number of benzene rings is 1. The van der Waals surface area contributed by atoms with Crippen molar-refractivity contribution in [3.63, 3.8) is 0 Å². The normalized spacial score (nSPS) is 8.73. The summed E-state index contributed by atoms with van der Waals surface area (Å²) in [5.74, 6) is 0.839. The summed E-state index contributed by atoms with van der Waals surface area (Å²) in [5, 5.41) is 0. The van der Waals surface area contributed by atoms with Gasteiger partial charge < -0.3 is 4.74 Å². The molecule has 0 saturated heterocycles. The quantitative estimate of drug-likeness (QED) is 0.626. The third-order valence-corrected chi connectivity index (χ3v) is 1.41. The standard InChI is InChI=1S/C9H10NO/c1-10-7-8-4-3-5-9(6-8)11-2/h1,3-6H,7H2,2H3/q+1. The van der Waals surface area contributed by atoms with Crippen LogP contribution < -0.4 is 4.74 Å². The van der Waals surface area contributed by atoms with Crippen LogP contribution in [-0.2, 0) is 6.54 Å². The summed E-state index contributed by atoms with van der Waals surface area (Å²) in [6, 6.07) is 7.68. The first-order valence-electron chi connectivity index (χ1n) is 3.36. The highest BCUT2D eigenvalue weighted by molar-refractivity contribution is 5.28. The molecular formula is C9H10NO+. The minimum Gasteiger partial charge on any atom is -0.497 e. The maximum atomic E-state index is 5.04. The van der Waals surface area contributed by atoms with E-state index in [-0.39, 0.29) is 0 Å². The summed E-state index contributed by atoms with van der Waals surface area (Å²) in [6.07, 6.45) is 0. The fourth-order valence-electron chi connectivity index (χ4n) is 0.876. The molecule has 0 aliphatic heterocycles. The molecular weight excluding hydrogens is 138 g/mol. The summed E-state index contributed by atoms with van der Waals surface area (Å²) < 4.78 is 5.02. The van der Waals surface area contributed by atoms with Crippen LogP contribution in [0.2, 0.25) is 0 Å². The van der Waals surface area contributed by atoms with Gasteiger partial charge in [-0.1, -0.05) is 17.0 Å². The smallest absolute Gasteiger partial charge is 0.288 e. The Labute approximate surface area is 66.2 Å². The molecule has 0 atom stereocenters. The number of methoxy groups -OCH3 is 1. The Morgan fingerprint density at radius 3 is 3.00 bits per heavy atom. The molecule has 0 fully saturated rings. The first-order valence-corrected chi connectivity index (χ1v) is 3.36. The molecule has 2 nitrogen and oxygen atoms in total. The topological polar surface area (TPSA) is 13.6 Å². The average molecular weight is 148 g/mol. The molecule has 0 radical (unpaired) electrons. The monoisotopic (exact) mass is 148 g/mol. The number of rotatable bonds is 2. The van der Waals surface area contributed by atoms with Gasteiger partial charge in [-0.15, -0.1) is 0 Å². The Morgan fingerprint density at radius 2 is 2.36 bits per heavy atom. The highest BCUT2D eigenvalue weighted by atomic mass is 16.5. The van der Waals surface area contributed by atoms with Gasteiger partial charge in [-0.05, 0) is 12.1 Å². The lowest BCUT2D eigenvalue weighted by Crippen LogP contribution is -1.84. The Kier molecular flexibility index (Phi) is 2.51. The second-order valence-electron chi connectivity index (χ2n) is 2.19. The van der Waals surface area contributed by atoms with E-state index in [1.807, 2.05) is 24.3 Å². The van der Waals surface area contributed by atoms with E-state index in [4.69, 9.17) is 11.3 Å². The van der Waals surface area contributed by atoms with Crippen molar-refractivity contribution >= 4 is 0 Å². The van der Waals surface area contributed by atoms with Crippen molar-refractivity contribution in [2.75, 3.05) is 7.11 Å². The maximum Gasteiger partial charge on any atom is 0.288 e. The van der Waals surface area contributed by atoms with Gasteiger partial charge in [0.1, 0.15) is 5.75 Å². The molecule has 0 heterocycles. The molecule has 0 aromatic heterocycles. The van der Waals surface area contributed by atoms with Crippen LogP contribution in [0.5, 0.6) is 5.75 Å². The zero-order valence-corrected chi connectivity index (χ0v) is 6.45. The van der Waals surface area contributed by atoms with Crippen LogP contribution in [-0.4, -0.2) is 7.11 Å². The molecule has 2 heteroatoms. The van der Waals surface area contributed by atoms with Crippen molar-refractivity contribution in [3.8, 4) is 12.3 Å². The fourth-order valence-corrected chi connectivity index (χ4v) is 0.876. The van der Waals surface area contributed by atoms with Gasteiger partial charge >= 0.3 is 0 Å². The molecule has 0 amide bonds. The lowest BCUT2D eigenvalue weighted by molar-refractivity contribution is 0.414. The SMILES string of the molecule is C#[N+]Cc1cccc(OC)c1. The van der Waals surface area contributed by atoms with Gasteiger partial charge in [0.15, 0.2) is 0 Å². The minimum atomic E-state index is 0.539. The predicted octanol–water partition coefficient (Wildman–Crippen LogP) is 2.16. The second-order valence-corrected chi connectivity index (χ2v) is 2.19. The summed E-state index contributed by atoms with van der Waals surface area (Å²) in [6.45, 7) is 5.58. The van der Waals surface area contributed by atoms with Crippen LogP contribution in [0.4, 0.5) is 0 Å². The molecule has 0 aliphatic carbocycles. The Bertz CT molecular complexity index is 275. The largest absolute Gasteiger partial charge is 0.497 e. The van der Waals surface area contributed by atoms with Gasteiger partial charge in [0.25, 0.3) is 13.1 Å². The lowest BCUT2D eigenvalue weighted by atomic mass is 10.2. The van der Waals surface area contributed by atoms with Crippen LogP contribution >= 0.6 is 0 Å². The van der Waals surface area contributed by atoms with Gasteiger partial charge in [0.05, 0.1) is 7.11 Å². The van der Waals surface area contributed by atoms with Crippen molar-refractivity contribution in [1.82, 2.24) is 0 Å². The predicted molar refractivity (Wildman–Crippen MR) is 45.0 cm³/mol. The number of hydrogen-bond donors (Lipinski definition) is 0. The van der Waals surface area contributed by atoms with E-state index in [0.717, 1.165) is 11.3 Å². The number of ether oxygens (including phenoxy) is 1. The summed E-state index contributed by atoms with van der Waals surface area (Å²) in [5.41, 5.74) is 1.06.